The number of hydrogen-bond donors (Lipinski definition) is 2. The first kappa shape index (κ1) is 20.5. The topological polar surface area (TPSA) is 78.5 Å². The lowest BCUT2D eigenvalue weighted by Gasteiger charge is -2.30. The predicted molar refractivity (Wildman–Crippen MR) is 107 cm³/mol. The molecule has 1 saturated heterocycles. The van der Waals surface area contributed by atoms with Crippen molar-refractivity contribution < 1.29 is 18.8 Å². The summed E-state index contributed by atoms with van der Waals surface area (Å²) >= 11 is 0. The summed E-state index contributed by atoms with van der Waals surface area (Å²) in [5, 5.41) is 5.52. The Morgan fingerprint density at radius 1 is 1.17 bits per heavy atom. The number of hydrogen-bond acceptors (Lipinski definition) is 3. The van der Waals surface area contributed by atoms with Crippen LogP contribution in [0.25, 0.3) is 0 Å². The summed E-state index contributed by atoms with van der Waals surface area (Å²) in [6.45, 7) is 0.599. The normalized spacial score (nSPS) is 17.2. The van der Waals surface area contributed by atoms with Gasteiger partial charge in [0.1, 0.15) is 17.9 Å². The summed E-state index contributed by atoms with van der Waals surface area (Å²) in [6, 6.07) is 13.1. The summed E-state index contributed by atoms with van der Waals surface area (Å²) in [4.78, 5) is 39.3. The van der Waals surface area contributed by atoms with E-state index in [9.17, 15) is 18.8 Å². The molecule has 0 unspecified atom stereocenters. The second kappa shape index (κ2) is 9.32. The number of likely N-dealkylation sites (N-methyl/N-ethyl adjacent to an activating group) is 1. The molecular formula is C22H24FN3O3. The van der Waals surface area contributed by atoms with Crippen molar-refractivity contribution in [3.05, 3.63) is 71.5 Å². The van der Waals surface area contributed by atoms with E-state index in [1.54, 1.807) is 7.05 Å². The van der Waals surface area contributed by atoms with Gasteiger partial charge in [0, 0.05) is 25.6 Å². The summed E-state index contributed by atoms with van der Waals surface area (Å²) < 4.78 is 13.2. The van der Waals surface area contributed by atoms with E-state index in [1.807, 2.05) is 30.3 Å². The lowest BCUT2D eigenvalue weighted by Crippen LogP contribution is -2.56. The van der Waals surface area contributed by atoms with Crippen molar-refractivity contribution in [1.82, 2.24) is 15.5 Å². The average Bonchev–Trinajstić information content (AvgIpc) is 2.74. The number of nitrogens with one attached hydrogen (secondary N) is 2. The van der Waals surface area contributed by atoms with E-state index in [2.05, 4.69) is 10.6 Å². The van der Waals surface area contributed by atoms with Crippen LogP contribution >= 0.6 is 0 Å². The minimum Gasteiger partial charge on any atom is -0.354 e. The van der Waals surface area contributed by atoms with E-state index >= 15 is 0 Å². The predicted octanol–water partition coefficient (Wildman–Crippen LogP) is 1.90. The highest BCUT2D eigenvalue weighted by atomic mass is 19.1. The molecular weight excluding hydrogens is 373 g/mol. The molecule has 1 aliphatic heterocycles. The standard InChI is InChI=1S/C22H24FN3O3/c1-26(22(29)16-9-11-17(23)12-10-16)19(14-15-6-3-2-4-7-15)21(28)25-18-8-5-13-24-20(18)27/h2-4,6-7,9-12,18-19H,5,8,13-14H2,1H3,(H,24,27)(H,25,28)/t18-,19-/m0/s1. The lowest BCUT2D eigenvalue weighted by molar-refractivity contribution is -0.132. The van der Waals surface area contributed by atoms with Crippen molar-refractivity contribution in [3.63, 3.8) is 0 Å². The van der Waals surface area contributed by atoms with Crippen LogP contribution in [-0.4, -0.2) is 48.3 Å². The summed E-state index contributed by atoms with van der Waals surface area (Å²) in [5.74, 6) is -1.44. The van der Waals surface area contributed by atoms with Gasteiger partial charge in [0.05, 0.1) is 0 Å². The Morgan fingerprint density at radius 3 is 2.52 bits per heavy atom. The van der Waals surface area contributed by atoms with Gasteiger partial charge in [-0.05, 0) is 42.7 Å². The summed E-state index contributed by atoms with van der Waals surface area (Å²) in [5.41, 5.74) is 1.18. The fraction of sp³-hybridized carbons (Fsp3) is 0.318. The monoisotopic (exact) mass is 397 g/mol. The highest BCUT2D eigenvalue weighted by Crippen LogP contribution is 2.14. The molecule has 29 heavy (non-hydrogen) atoms. The van der Waals surface area contributed by atoms with Crippen molar-refractivity contribution in [1.29, 1.82) is 0 Å². The van der Waals surface area contributed by atoms with E-state index < -0.39 is 29.7 Å². The van der Waals surface area contributed by atoms with Crippen LogP contribution in [0.5, 0.6) is 0 Å². The molecule has 0 bridgehead atoms. The van der Waals surface area contributed by atoms with Crippen LogP contribution < -0.4 is 10.6 Å². The van der Waals surface area contributed by atoms with Gasteiger partial charge in [0.25, 0.3) is 5.91 Å². The summed E-state index contributed by atoms with van der Waals surface area (Å²) in [6.07, 6.45) is 1.64. The second-order valence-corrected chi connectivity index (χ2v) is 7.12. The van der Waals surface area contributed by atoms with Gasteiger partial charge < -0.3 is 15.5 Å². The van der Waals surface area contributed by atoms with Crippen molar-refractivity contribution in [3.8, 4) is 0 Å². The average molecular weight is 397 g/mol. The van der Waals surface area contributed by atoms with Crippen LogP contribution in [0.15, 0.2) is 54.6 Å². The Hall–Kier alpha value is -3.22. The molecule has 0 saturated carbocycles. The molecule has 3 amide bonds. The Balaban J connectivity index is 1.81. The number of halogens is 1. The van der Waals surface area contributed by atoms with Crippen LogP contribution in [0.4, 0.5) is 4.39 Å². The molecule has 2 aromatic carbocycles. The van der Waals surface area contributed by atoms with Gasteiger partial charge in [-0.1, -0.05) is 30.3 Å². The SMILES string of the molecule is CN(C(=O)c1ccc(F)cc1)[C@@H](Cc1ccccc1)C(=O)N[C@H]1CCCNC1=O. The first-order valence-electron chi connectivity index (χ1n) is 9.60. The maximum Gasteiger partial charge on any atom is 0.254 e. The first-order valence-corrected chi connectivity index (χ1v) is 9.60. The van der Waals surface area contributed by atoms with Gasteiger partial charge in [-0.2, -0.15) is 0 Å². The highest BCUT2D eigenvalue weighted by Gasteiger charge is 2.31. The zero-order valence-electron chi connectivity index (χ0n) is 16.2. The number of piperidine rings is 1. The number of carbonyl (C=O) groups is 3. The van der Waals surface area contributed by atoms with Crippen LogP contribution in [0.2, 0.25) is 0 Å². The smallest absolute Gasteiger partial charge is 0.254 e. The molecule has 3 rings (SSSR count). The number of nitrogens with zero attached hydrogens (tertiary/aromatic N) is 1. The number of benzene rings is 2. The zero-order valence-corrected chi connectivity index (χ0v) is 16.2. The van der Waals surface area contributed by atoms with Gasteiger partial charge in [0.2, 0.25) is 11.8 Å². The van der Waals surface area contributed by atoms with E-state index in [4.69, 9.17) is 0 Å². The Morgan fingerprint density at radius 2 is 1.86 bits per heavy atom. The number of rotatable bonds is 6. The summed E-state index contributed by atoms with van der Waals surface area (Å²) in [7, 11) is 1.54. The maximum absolute atomic E-state index is 13.2. The molecule has 2 atom stereocenters. The molecule has 1 aliphatic rings. The van der Waals surface area contributed by atoms with Crippen LogP contribution in [0.3, 0.4) is 0 Å². The molecule has 1 fully saturated rings. The third-order valence-corrected chi connectivity index (χ3v) is 5.06. The van der Waals surface area contributed by atoms with E-state index in [1.165, 1.54) is 29.2 Å². The molecule has 152 valence electrons. The van der Waals surface area contributed by atoms with Crippen molar-refractivity contribution in [2.45, 2.75) is 31.3 Å². The van der Waals surface area contributed by atoms with Gasteiger partial charge in [-0.3, -0.25) is 14.4 Å². The minimum absolute atomic E-state index is 0.212. The Bertz CT molecular complexity index is 871. The van der Waals surface area contributed by atoms with E-state index in [0.29, 0.717) is 19.4 Å². The minimum atomic E-state index is -0.815. The molecule has 0 radical (unpaired) electrons. The van der Waals surface area contributed by atoms with Crippen molar-refractivity contribution >= 4 is 17.7 Å². The van der Waals surface area contributed by atoms with Gasteiger partial charge in [-0.25, -0.2) is 4.39 Å². The first-order chi connectivity index (χ1) is 14.0. The third-order valence-electron chi connectivity index (χ3n) is 5.06. The number of amides is 3. The van der Waals surface area contributed by atoms with E-state index in [0.717, 1.165) is 12.0 Å². The number of carbonyl (C=O) groups excluding carboxylic acids is 3. The Kier molecular flexibility index (Phi) is 6.59. The molecule has 6 nitrogen and oxygen atoms in total. The van der Waals surface area contributed by atoms with Gasteiger partial charge in [-0.15, -0.1) is 0 Å². The fourth-order valence-corrected chi connectivity index (χ4v) is 3.36. The molecule has 0 aliphatic carbocycles. The van der Waals surface area contributed by atoms with Gasteiger partial charge >= 0.3 is 0 Å². The molecule has 2 N–H and O–H groups in total. The second-order valence-electron chi connectivity index (χ2n) is 7.12. The zero-order chi connectivity index (χ0) is 20.8. The quantitative estimate of drug-likeness (QED) is 0.782. The molecule has 1 heterocycles. The molecule has 0 aromatic heterocycles. The van der Waals surface area contributed by atoms with Crippen molar-refractivity contribution in [2.75, 3.05) is 13.6 Å². The van der Waals surface area contributed by atoms with Crippen LogP contribution in [0, 0.1) is 5.82 Å². The molecule has 7 heteroatoms. The van der Waals surface area contributed by atoms with E-state index in [-0.39, 0.29) is 11.5 Å². The van der Waals surface area contributed by atoms with Crippen LogP contribution in [-0.2, 0) is 16.0 Å². The highest BCUT2D eigenvalue weighted by molar-refractivity contribution is 5.98. The molecule has 0 spiro atoms. The van der Waals surface area contributed by atoms with Gasteiger partial charge in [0.15, 0.2) is 0 Å². The molecule has 2 aromatic rings. The Labute approximate surface area is 169 Å². The third kappa shape index (κ3) is 5.19. The van der Waals surface area contributed by atoms with Crippen molar-refractivity contribution in [2.24, 2.45) is 0 Å². The van der Waals surface area contributed by atoms with Crippen LogP contribution in [0.1, 0.15) is 28.8 Å². The lowest BCUT2D eigenvalue weighted by atomic mass is 10.0. The maximum atomic E-state index is 13.2. The largest absolute Gasteiger partial charge is 0.354 e. The fourth-order valence-electron chi connectivity index (χ4n) is 3.36.